The van der Waals surface area contributed by atoms with Crippen LogP contribution >= 0.6 is 11.9 Å². The summed E-state index contributed by atoms with van der Waals surface area (Å²) >= 11 is 1.66. The van der Waals surface area contributed by atoms with Crippen molar-refractivity contribution in [2.75, 3.05) is 20.0 Å². The van der Waals surface area contributed by atoms with Gasteiger partial charge in [0.25, 0.3) is 0 Å². The minimum absolute atomic E-state index is 0.878. The van der Waals surface area contributed by atoms with Gasteiger partial charge in [0.1, 0.15) is 12.5 Å². The van der Waals surface area contributed by atoms with Gasteiger partial charge in [0, 0.05) is 13.1 Å². The fraction of sp³-hybridized carbons (Fsp3) is 0.500. The van der Waals surface area contributed by atoms with Gasteiger partial charge in [-0.15, -0.1) is 4.41 Å². The number of allylic oxidation sites excluding steroid dienone is 1. The molecule has 0 radical (unpaired) electrons. The monoisotopic (exact) mass is 185 g/mol. The topological polar surface area (TPSA) is 34.1 Å². The van der Waals surface area contributed by atoms with Crippen LogP contribution in [0, 0.1) is 0 Å². The van der Waals surface area contributed by atoms with Crippen molar-refractivity contribution >= 4 is 18.2 Å². The van der Waals surface area contributed by atoms with Crippen LogP contribution in [0.25, 0.3) is 0 Å². The highest BCUT2D eigenvalue weighted by atomic mass is 32.2. The number of rotatable bonds is 1. The Morgan fingerprint density at radius 3 is 3.25 bits per heavy atom. The van der Waals surface area contributed by atoms with E-state index in [0.717, 1.165) is 12.5 Å². The predicted octanol–water partition coefficient (Wildman–Crippen LogP) is 0.0317. The minimum atomic E-state index is 0.878. The molecule has 2 rings (SSSR count). The van der Waals surface area contributed by atoms with Gasteiger partial charge in [0.15, 0.2) is 0 Å². The summed E-state index contributed by atoms with van der Waals surface area (Å²) in [5.41, 5.74) is 2.91. The molecule has 1 N–H and O–H groups in total. The Labute approximate surface area is 75.8 Å². The highest BCUT2D eigenvalue weighted by molar-refractivity contribution is 7.96. The zero-order valence-corrected chi connectivity index (χ0v) is 7.88. The van der Waals surface area contributed by atoms with Crippen LogP contribution in [0.5, 0.6) is 0 Å². The summed E-state index contributed by atoms with van der Waals surface area (Å²) in [6.07, 6.45) is 5.77. The number of hydrazone groups is 1. The zero-order chi connectivity index (χ0) is 8.55. The Hall–Kier alpha value is -0.880. The second kappa shape index (κ2) is 2.87. The molecule has 0 aromatic heterocycles. The maximum absolute atomic E-state index is 3.95. The van der Waals surface area contributed by atoms with E-state index in [1.54, 1.807) is 18.2 Å². The van der Waals surface area contributed by atoms with Gasteiger partial charge < -0.3 is 4.90 Å². The van der Waals surface area contributed by atoms with Crippen molar-refractivity contribution in [3.8, 4) is 0 Å². The third-order valence-electron chi connectivity index (χ3n) is 1.83. The first kappa shape index (κ1) is 7.75. The van der Waals surface area contributed by atoms with Crippen molar-refractivity contribution < 1.29 is 0 Å². The summed E-state index contributed by atoms with van der Waals surface area (Å²) in [6, 6.07) is 0. The van der Waals surface area contributed by atoms with E-state index < -0.39 is 0 Å². The second-order valence-electron chi connectivity index (χ2n) is 2.59. The number of nitrogens with zero attached hydrogens (tertiary/aromatic N) is 4. The summed E-state index contributed by atoms with van der Waals surface area (Å²) in [5, 5.41) is 5.87. The van der Waals surface area contributed by atoms with E-state index in [4.69, 9.17) is 0 Å². The molecule has 0 aliphatic carbocycles. The van der Waals surface area contributed by atoms with Crippen LogP contribution in [0.1, 0.15) is 0 Å². The highest BCUT2D eigenvalue weighted by Crippen LogP contribution is 2.24. The van der Waals surface area contributed by atoms with Gasteiger partial charge in [-0.1, -0.05) is 11.9 Å². The van der Waals surface area contributed by atoms with E-state index in [1.165, 1.54) is 0 Å². The van der Waals surface area contributed by atoms with Crippen LogP contribution in [0.4, 0.5) is 0 Å². The number of hydrogen-bond donors (Lipinski definition) is 1. The van der Waals surface area contributed by atoms with Gasteiger partial charge in [-0.25, -0.2) is 5.53 Å². The van der Waals surface area contributed by atoms with Crippen LogP contribution in [0.3, 0.4) is 0 Å². The Balaban J connectivity index is 2.22. The van der Waals surface area contributed by atoms with Gasteiger partial charge in [0.2, 0.25) is 0 Å². The smallest absolute Gasteiger partial charge is 0.146 e. The lowest BCUT2D eigenvalue weighted by molar-refractivity contribution is 0.0973. The summed E-state index contributed by atoms with van der Waals surface area (Å²) in [5.74, 6) is 1.12. The quantitative estimate of drug-likeness (QED) is 0.583. The van der Waals surface area contributed by atoms with Gasteiger partial charge in [0.05, 0.1) is 6.21 Å². The van der Waals surface area contributed by atoms with Crippen LogP contribution in [0.2, 0.25) is 0 Å². The molecule has 0 aromatic rings. The average Bonchev–Trinajstić information content (AvgIpc) is 2.44. The molecule has 0 spiro atoms. The SMILES string of the molecule is CSN1CN(C)C2=CC=NNN21. The van der Waals surface area contributed by atoms with Gasteiger partial charge in [-0.3, -0.25) is 0 Å². The van der Waals surface area contributed by atoms with Crippen LogP contribution in [-0.4, -0.2) is 40.6 Å². The molecular weight excluding hydrogens is 174 g/mol. The molecule has 0 amide bonds. The largest absolute Gasteiger partial charge is 0.343 e. The summed E-state index contributed by atoms with van der Waals surface area (Å²) in [7, 11) is 2.05. The fourth-order valence-electron chi connectivity index (χ4n) is 1.22. The Kier molecular flexibility index (Phi) is 1.86. The van der Waals surface area contributed by atoms with E-state index in [0.29, 0.717) is 0 Å². The van der Waals surface area contributed by atoms with Gasteiger partial charge in [-0.05, 0) is 6.26 Å². The Bertz CT molecular complexity index is 238. The first-order valence-electron chi connectivity index (χ1n) is 3.65. The molecular formula is C6H11N5S. The van der Waals surface area contributed by atoms with E-state index in [-0.39, 0.29) is 0 Å². The fourth-order valence-corrected chi connectivity index (χ4v) is 1.80. The molecule has 0 bridgehead atoms. The third kappa shape index (κ3) is 1.03. The summed E-state index contributed by atoms with van der Waals surface area (Å²) < 4.78 is 2.09. The summed E-state index contributed by atoms with van der Waals surface area (Å²) in [6.45, 7) is 0.878. The van der Waals surface area contributed by atoms with Crippen LogP contribution < -0.4 is 5.53 Å². The number of fused-ring (bicyclic) bond motifs is 1. The molecule has 2 aliphatic rings. The normalized spacial score (nSPS) is 22.3. The number of nitrogens with one attached hydrogen (secondary N) is 1. The first-order chi connectivity index (χ1) is 5.83. The van der Waals surface area contributed by atoms with Crippen LogP contribution in [0.15, 0.2) is 17.0 Å². The molecule has 0 unspecified atom stereocenters. The summed E-state index contributed by atoms with van der Waals surface area (Å²) in [4.78, 5) is 2.15. The Morgan fingerprint density at radius 2 is 2.50 bits per heavy atom. The number of hydrazine groups is 2. The lowest BCUT2D eigenvalue weighted by Crippen LogP contribution is -2.40. The van der Waals surface area contributed by atoms with E-state index in [9.17, 15) is 0 Å². The highest BCUT2D eigenvalue weighted by Gasteiger charge is 2.30. The number of hydrogen-bond acceptors (Lipinski definition) is 6. The molecule has 0 aromatic carbocycles. The third-order valence-corrected chi connectivity index (χ3v) is 2.53. The predicted molar refractivity (Wildman–Crippen MR) is 49.5 cm³/mol. The molecule has 1 fully saturated rings. The van der Waals surface area contributed by atoms with Crippen molar-refractivity contribution in [2.24, 2.45) is 5.10 Å². The first-order valence-corrected chi connectivity index (χ1v) is 4.83. The average molecular weight is 185 g/mol. The van der Waals surface area contributed by atoms with Gasteiger partial charge >= 0.3 is 0 Å². The van der Waals surface area contributed by atoms with Crippen molar-refractivity contribution in [1.29, 1.82) is 0 Å². The van der Waals surface area contributed by atoms with Crippen molar-refractivity contribution in [2.45, 2.75) is 0 Å². The van der Waals surface area contributed by atoms with Crippen molar-refractivity contribution in [1.82, 2.24) is 20.0 Å². The second-order valence-corrected chi connectivity index (χ2v) is 3.38. The lowest BCUT2D eigenvalue weighted by atomic mass is 10.5. The zero-order valence-electron chi connectivity index (χ0n) is 7.06. The molecule has 1 saturated heterocycles. The molecule has 5 nitrogen and oxygen atoms in total. The molecule has 2 aliphatic heterocycles. The van der Waals surface area contributed by atoms with Crippen molar-refractivity contribution in [3.63, 3.8) is 0 Å². The molecule has 6 heteroatoms. The van der Waals surface area contributed by atoms with Gasteiger partial charge in [-0.2, -0.15) is 10.2 Å². The maximum atomic E-state index is 3.95. The standard InChI is InChI=1S/C6H11N5S/c1-9-5-10(12-2)11-6(9)3-4-7-8-11/h3-4,8H,5H2,1-2H3. The van der Waals surface area contributed by atoms with Crippen molar-refractivity contribution in [3.05, 3.63) is 11.9 Å². The molecule has 0 saturated carbocycles. The van der Waals surface area contributed by atoms with E-state index in [2.05, 4.69) is 27.0 Å². The maximum Gasteiger partial charge on any atom is 0.146 e. The van der Waals surface area contributed by atoms with E-state index in [1.807, 2.05) is 17.4 Å². The molecule has 0 atom stereocenters. The molecule has 66 valence electrons. The molecule has 2 heterocycles. The Morgan fingerprint density at radius 1 is 1.67 bits per heavy atom. The van der Waals surface area contributed by atoms with E-state index >= 15 is 0 Å². The van der Waals surface area contributed by atoms with Crippen LogP contribution in [-0.2, 0) is 0 Å². The molecule has 12 heavy (non-hydrogen) atoms. The lowest BCUT2D eigenvalue weighted by Gasteiger charge is -2.26. The minimum Gasteiger partial charge on any atom is -0.343 e.